The molecule has 1 amide bonds. The van der Waals surface area contributed by atoms with E-state index in [-0.39, 0.29) is 30.7 Å². The highest BCUT2D eigenvalue weighted by atomic mass is 35.5. The Morgan fingerprint density at radius 2 is 1.86 bits per heavy atom. The Morgan fingerprint density at radius 3 is 2.43 bits per heavy atom. The van der Waals surface area contributed by atoms with Crippen LogP contribution in [0.4, 0.5) is 4.39 Å². The smallest absolute Gasteiger partial charge is 0.236 e. The number of nitrogens with zero attached hydrogens (tertiary/aromatic N) is 1. The van der Waals surface area contributed by atoms with Gasteiger partial charge in [-0.2, -0.15) is 0 Å². The van der Waals surface area contributed by atoms with Gasteiger partial charge in [0.25, 0.3) is 0 Å². The molecule has 0 atom stereocenters. The van der Waals surface area contributed by atoms with Crippen molar-refractivity contribution in [3.05, 3.63) is 30.1 Å². The molecule has 0 spiro atoms. The molecule has 7 heteroatoms. The Labute approximate surface area is 130 Å². The van der Waals surface area contributed by atoms with Crippen LogP contribution in [0.2, 0.25) is 0 Å². The van der Waals surface area contributed by atoms with Gasteiger partial charge in [0.1, 0.15) is 18.2 Å². The third-order valence-corrected chi connectivity index (χ3v) is 2.69. The van der Waals surface area contributed by atoms with E-state index in [1.807, 2.05) is 0 Å². The first-order valence-electron chi connectivity index (χ1n) is 6.47. The molecule has 0 heterocycles. The fourth-order valence-electron chi connectivity index (χ4n) is 1.63. The van der Waals surface area contributed by atoms with Crippen molar-refractivity contribution in [1.29, 1.82) is 0 Å². The molecule has 0 aromatic heterocycles. The number of likely N-dealkylation sites (N-methyl/N-ethyl adjacent to an activating group) is 1. The van der Waals surface area contributed by atoms with E-state index in [9.17, 15) is 9.18 Å². The molecule has 120 valence electrons. The van der Waals surface area contributed by atoms with Gasteiger partial charge in [0, 0.05) is 13.7 Å². The molecule has 0 aliphatic rings. The normalized spacial score (nSPS) is 9.86. The minimum absolute atomic E-state index is 0. The lowest BCUT2D eigenvalue weighted by molar-refractivity contribution is -0.131. The molecule has 0 unspecified atom stereocenters. The van der Waals surface area contributed by atoms with Crippen molar-refractivity contribution in [2.75, 3.05) is 47.0 Å². The minimum Gasteiger partial charge on any atom is -0.492 e. The number of halogens is 2. The van der Waals surface area contributed by atoms with Crippen LogP contribution in [0.25, 0.3) is 0 Å². The quantitative estimate of drug-likeness (QED) is 0.745. The number of nitrogens with one attached hydrogen (secondary N) is 1. The Morgan fingerprint density at radius 1 is 1.24 bits per heavy atom. The van der Waals surface area contributed by atoms with Crippen LogP contribution < -0.4 is 10.1 Å². The van der Waals surface area contributed by atoms with Crippen LogP contribution in [-0.2, 0) is 9.53 Å². The van der Waals surface area contributed by atoms with E-state index >= 15 is 0 Å². The average Bonchev–Trinajstić information content (AvgIpc) is 2.44. The van der Waals surface area contributed by atoms with E-state index in [4.69, 9.17) is 9.47 Å². The van der Waals surface area contributed by atoms with Gasteiger partial charge in [-0.3, -0.25) is 4.79 Å². The van der Waals surface area contributed by atoms with Gasteiger partial charge >= 0.3 is 0 Å². The molecule has 1 N–H and O–H groups in total. The molecule has 0 aliphatic heterocycles. The zero-order chi connectivity index (χ0) is 14.8. The summed E-state index contributed by atoms with van der Waals surface area (Å²) in [4.78, 5) is 13.5. The van der Waals surface area contributed by atoms with E-state index in [0.29, 0.717) is 32.1 Å². The number of methoxy groups -OCH3 is 1. The highest BCUT2D eigenvalue weighted by Gasteiger charge is 2.12. The Balaban J connectivity index is 0.00000400. The second-order valence-electron chi connectivity index (χ2n) is 4.21. The lowest BCUT2D eigenvalue weighted by Crippen LogP contribution is -2.41. The summed E-state index contributed by atoms with van der Waals surface area (Å²) in [5.41, 5.74) is 0. The summed E-state index contributed by atoms with van der Waals surface area (Å²) >= 11 is 0. The number of hydrogen-bond acceptors (Lipinski definition) is 4. The van der Waals surface area contributed by atoms with E-state index in [2.05, 4.69) is 5.32 Å². The first kappa shape index (κ1) is 19.6. The lowest BCUT2D eigenvalue weighted by Gasteiger charge is -2.22. The summed E-state index contributed by atoms with van der Waals surface area (Å²) in [6.07, 6.45) is 0. The summed E-state index contributed by atoms with van der Waals surface area (Å²) in [5.74, 6) is 0.273. The molecule has 0 bridgehead atoms. The molecule has 0 aliphatic carbocycles. The van der Waals surface area contributed by atoms with Crippen molar-refractivity contribution in [2.45, 2.75) is 0 Å². The van der Waals surface area contributed by atoms with Gasteiger partial charge in [-0.15, -0.1) is 12.4 Å². The number of amides is 1. The second kappa shape index (κ2) is 11.3. The SMILES string of the molecule is CNCC(=O)N(CCOC)CCOc1ccc(F)cc1.Cl. The number of benzene rings is 1. The number of hydrogen-bond donors (Lipinski definition) is 1. The topological polar surface area (TPSA) is 50.8 Å². The van der Waals surface area contributed by atoms with E-state index in [1.54, 1.807) is 31.2 Å². The first-order chi connectivity index (χ1) is 9.67. The van der Waals surface area contributed by atoms with Gasteiger partial charge < -0.3 is 19.7 Å². The monoisotopic (exact) mass is 320 g/mol. The maximum absolute atomic E-state index is 12.7. The Kier molecular flexibility index (Phi) is 10.6. The van der Waals surface area contributed by atoms with Crippen LogP contribution in [0.1, 0.15) is 0 Å². The summed E-state index contributed by atoms with van der Waals surface area (Å²) in [6.45, 7) is 2.09. The predicted octanol–water partition coefficient (Wildman–Crippen LogP) is 1.32. The molecule has 5 nitrogen and oxygen atoms in total. The molecule has 21 heavy (non-hydrogen) atoms. The van der Waals surface area contributed by atoms with Gasteiger partial charge in [0.05, 0.1) is 19.7 Å². The van der Waals surface area contributed by atoms with E-state index in [1.165, 1.54) is 12.1 Å². The molecular formula is C14H22ClFN2O3. The van der Waals surface area contributed by atoms with Crippen molar-refractivity contribution in [1.82, 2.24) is 10.2 Å². The van der Waals surface area contributed by atoms with Crippen LogP contribution in [0.15, 0.2) is 24.3 Å². The fourth-order valence-corrected chi connectivity index (χ4v) is 1.63. The van der Waals surface area contributed by atoms with Crippen molar-refractivity contribution in [2.24, 2.45) is 0 Å². The standard InChI is InChI=1S/C14H21FN2O3.ClH/c1-16-11-14(18)17(7-9-19-2)8-10-20-13-5-3-12(15)4-6-13;/h3-6,16H,7-11H2,1-2H3;1H. The van der Waals surface area contributed by atoms with Crippen LogP contribution in [0, 0.1) is 5.82 Å². The number of ether oxygens (including phenoxy) is 2. The van der Waals surface area contributed by atoms with Gasteiger partial charge in [-0.25, -0.2) is 4.39 Å². The van der Waals surface area contributed by atoms with Gasteiger partial charge in [0.2, 0.25) is 5.91 Å². The highest BCUT2D eigenvalue weighted by Crippen LogP contribution is 2.10. The van der Waals surface area contributed by atoms with Gasteiger partial charge in [-0.1, -0.05) is 0 Å². The molecule has 0 saturated carbocycles. The third kappa shape index (κ3) is 7.84. The Hall–Kier alpha value is -1.37. The maximum atomic E-state index is 12.7. The molecule has 1 aromatic rings. The van der Waals surface area contributed by atoms with E-state index in [0.717, 1.165) is 0 Å². The molecule has 0 radical (unpaired) electrons. The number of carbonyl (C=O) groups excluding carboxylic acids is 1. The van der Waals surface area contributed by atoms with E-state index < -0.39 is 0 Å². The number of carbonyl (C=O) groups is 1. The molecule has 1 aromatic carbocycles. The average molecular weight is 321 g/mol. The van der Waals surface area contributed by atoms with Crippen molar-refractivity contribution in [3.63, 3.8) is 0 Å². The van der Waals surface area contributed by atoms with Crippen LogP contribution in [0.5, 0.6) is 5.75 Å². The highest BCUT2D eigenvalue weighted by molar-refractivity contribution is 5.85. The molecule has 0 saturated heterocycles. The zero-order valence-electron chi connectivity index (χ0n) is 12.3. The lowest BCUT2D eigenvalue weighted by atomic mass is 10.3. The summed E-state index contributed by atoms with van der Waals surface area (Å²) < 4.78 is 23.2. The second-order valence-corrected chi connectivity index (χ2v) is 4.21. The maximum Gasteiger partial charge on any atom is 0.236 e. The summed E-state index contributed by atoms with van der Waals surface area (Å²) in [6, 6.07) is 5.79. The van der Waals surface area contributed by atoms with Gasteiger partial charge in [-0.05, 0) is 31.3 Å². The Bertz CT molecular complexity index is 404. The van der Waals surface area contributed by atoms with Crippen molar-refractivity contribution >= 4 is 18.3 Å². The fraction of sp³-hybridized carbons (Fsp3) is 0.500. The third-order valence-electron chi connectivity index (χ3n) is 2.69. The first-order valence-corrected chi connectivity index (χ1v) is 6.47. The molecule has 0 fully saturated rings. The van der Waals surface area contributed by atoms with Gasteiger partial charge in [0.15, 0.2) is 0 Å². The molecular weight excluding hydrogens is 299 g/mol. The predicted molar refractivity (Wildman–Crippen MR) is 81.5 cm³/mol. The van der Waals surface area contributed by atoms with Crippen LogP contribution in [-0.4, -0.2) is 57.8 Å². The zero-order valence-corrected chi connectivity index (χ0v) is 13.1. The summed E-state index contributed by atoms with van der Waals surface area (Å²) in [5, 5.41) is 2.82. The van der Waals surface area contributed by atoms with Crippen LogP contribution in [0.3, 0.4) is 0 Å². The largest absolute Gasteiger partial charge is 0.492 e. The van der Waals surface area contributed by atoms with Crippen LogP contribution >= 0.6 is 12.4 Å². The minimum atomic E-state index is -0.303. The molecule has 1 rings (SSSR count). The van der Waals surface area contributed by atoms with Crippen molar-refractivity contribution in [3.8, 4) is 5.75 Å². The summed E-state index contributed by atoms with van der Waals surface area (Å²) in [7, 11) is 3.32. The van der Waals surface area contributed by atoms with Crippen molar-refractivity contribution < 1.29 is 18.7 Å². The number of rotatable bonds is 9.